The minimum Gasteiger partial charge on any atom is -0.507 e. The minimum atomic E-state index is -0.921. The molecule has 8 heteroatoms. The summed E-state index contributed by atoms with van der Waals surface area (Å²) in [6, 6.07) is 11.4. The Bertz CT molecular complexity index is 793. The zero-order valence-corrected chi connectivity index (χ0v) is 14.2. The minimum absolute atomic E-state index is 0.0902. The van der Waals surface area contributed by atoms with E-state index in [9.17, 15) is 14.7 Å². The largest absolute Gasteiger partial charge is 0.507 e. The van der Waals surface area contributed by atoms with Crippen LogP contribution in [0.2, 0.25) is 0 Å². The van der Waals surface area contributed by atoms with Crippen molar-refractivity contribution in [2.75, 3.05) is 12.4 Å². The topological polar surface area (TPSA) is 100 Å². The lowest BCUT2D eigenvalue weighted by atomic mass is 10.2. The van der Waals surface area contributed by atoms with Crippen LogP contribution in [0.5, 0.6) is 11.5 Å². The van der Waals surface area contributed by atoms with Gasteiger partial charge in [0.15, 0.2) is 0 Å². The highest BCUT2D eigenvalue weighted by molar-refractivity contribution is 9.10. The maximum atomic E-state index is 11.8. The average molecular weight is 392 g/mol. The molecule has 0 saturated carbocycles. The Morgan fingerprint density at radius 1 is 1.21 bits per heavy atom. The number of aromatic hydroxyl groups is 1. The van der Waals surface area contributed by atoms with Crippen molar-refractivity contribution < 1.29 is 19.4 Å². The van der Waals surface area contributed by atoms with E-state index < -0.39 is 11.8 Å². The van der Waals surface area contributed by atoms with E-state index in [1.807, 2.05) is 0 Å². The molecule has 3 N–H and O–H groups in total. The number of anilines is 1. The van der Waals surface area contributed by atoms with Crippen molar-refractivity contribution in [2.24, 2.45) is 5.10 Å². The maximum Gasteiger partial charge on any atom is 0.329 e. The summed E-state index contributed by atoms with van der Waals surface area (Å²) < 4.78 is 5.58. The predicted molar refractivity (Wildman–Crippen MR) is 93.2 cm³/mol. The molecule has 0 fully saturated rings. The Balaban J connectivity index is 1.95. The molecule has 0 saturated heterocycles. The van der Waals surface area contributed by atoms with E-state index in [0.717, 1.165) is 0 Å². The summed E-state index contributed by atoms with van der Waals surface area (Å²) in [5.41, 5.74) is 3.13. The number of benzene rings is 2. The molecule has 0 aromatic heterocycles. The number of amides is 2. The third kappa shape index (κ3) is 4.56. The first-order valence-corrected chi connectivity index (χ1v) is 7.56. The summed E-state index contributed by atoms with van der Waals surface area (Å²) >= 11 is 3.17. The van der Waals surface area contributed by atoms with E-state index in [-0.39, 0.29) is 5.75 Å². The fourth-order valence-corrected chi connectivity index (χ4v) is 2.14. The number of methoxy groups -OCH3 is 1. The van der Waals surface area contributed by atoms with Crippen LogP contribution in [0.1, 0.15) is 5.56 Å². The normalized spacial score (nSPS) is 10.4. The zero-order valence-electron chi connectivity index (χ0n) is 12.6. The molecular formula is C16H14BrN3O4. The van der Waals surface area contributed by atoms with Crippen LogP contribution in [0, 0.1) is 0 Å². The summed E-state index contributed by atoms with van der Waals surface area (Å²) in [6.45, 7) is 0. The van der Waals surface area contributed by atoms with Crippen LogP contribution in [-0.2, 0) is 9.59 Å². The van der Waals surface area contributed by atoms with Gasteiger partial charge < -0.3 is 15.2 Å². The molecule has 0 aliphatic carbocycles. The van der Waals surface area contributed by atoms with Crippen LogP contribution >= 0.6 is 15.9 Å². The lowest BCUT2D eigenvalue weighted by Gasteiger charge is -2.08. The summed E-state index contributed by atoms with van der Waals surface area (Å²) in [5, 5.41) is 15.5. The monoisotopic (exact) mass is 391 g/mol. The first-order chi connectivity index (χ1) is 11.5. The van der Waals surface area contributed by atoms with Gasteiger partial charge in [0.25, 0.3) is 0 Å². The Kier molecular flexibility index (Phi) is 5.91. The van der Waals surface area contributed by atoms with Gasteiger partial charge in [-0.05, 0) is 51.8 Å². The number of para-hydroxylation sites is 2. The molecule has 0 aliphatic rings. The Hall–Kier alpha value is -2.87. The Morgan fingerprint density at radius 3 is 2.67 bits per heavy atom. The van der Waals surface area contributed by atoms with Gasteiger partial charge in [-0.2, -0.15) is 5.10 Å². The van der Waals surface area contributed by atoms with Crippen LogP contribution in [-0.4, -0.2) is 30.2 Å². The van der Waals surface area contributed by atoms with Gasteiger partial charge in [0.05, 0.1) is 23.5 Å². The smallest absolute Gasteiger partial charge is 0.329 e. The lowest BCUT2D eigenvalue weighted by molar-refractivity contribution is -0.136. The standard InChI is InChI=1S/C16H14BrN3O4/c1-24-14-5-3-2-4-12(14)19-15(22)16(23)20-18-9-10-6-7-13(21)11(17)8-10/h2-9,21H,1H3,(H,19,22)(H,20,23)/b18-9+. The number of hydrazone groups is 1. The van der Waals surface area contributed by atoms with Crippen LogP contribution < -0.4 is 15.5 Å². The summed E-state index contributed by atoms with van der Waals surface area (Å²) in [7, 11) is 1.46. The number of carbonyl (C=O) groups is 2. The number of rotatable bonds is 4. The molecule has 0 unspecified atom stereocenters. The van der Waals surface area contributed by atoms with Gasteiger partial charge in [0.1, 0.15) is 11.5 Å². The average Bonchev–Trinajstić information content (AvgIpc) is 2.58. The molecule has 2 amide bonds. The number of nitrogens with zero attached hydrogens (tertiary/aromatic N) is 1. The third-order valence-electron chi connectivity index (χ3n) is 2.91. The molecule has 24 heavy (non-hydrogen) atoms. The molecule has 2 aromatic carbocycles. The highest BCUT2D eigenvalue weighted by Crippen LogP contribution is 2.24. The number of carbonyl (C=O) groups excluding carboxylic acids is 2. The van der Waals surface area contributed by atoms with E-state index >= 15 is 0 Å². The number of halogens is 1. The van der Waals surface area contributed by atoms with Gasteiger partial charge in [0, 0.05) is 0 Å². The number of phenols is 1. The van der Waals surface area contributed by atoms with E-state index in [1.165, 1.54) is 19.4 Å². The Morgan fingerprint density at radius 2 is 1.96 bits per heavy atom. The quantitative estimate of drug-likeness (QED) is 0.422. The molecule has 2 aromatic rings. The lowest BCUT2D eigenvalue weighted by Crippen LogP contribution is -2.32. The number of nitrogens with one attached hydrogen (secondary N) is 2. The molecule has 0 heterocycles. The van der Waals surface area contributed by atoms with E-state index in [2.05, 4.69) is 31.8 Å². The summed E-state index contributed by atoms with van der Waals surface area (Å²) in [5.74, 6) is -1.26. The van der Waals surface area contributed by atoms with Crippen molar-refractivity contribution >= 4 is 39.6 Å². The molecule has 124 valence electrons. The maximum absolute atomic E-state index is 11.8. The first kappa shape index (κ1) is 17.5. The molecule has 2 rings (SSSR count). The fraction of sp³-hybridized carbons (Fsp3) is 0.0625. The highest BCUT2D eigenvalue weighted by Gasteiger charge is 2.14. The molecule has 0 radical (unpaired) electrons. The van der Waals surface area contributed by atoms with Crippen LogP contribution in [0.3, 0.4) is 0 Å². The van der Waals surface area contributed by atoms with E-state index in [1.54, 1.807) is 36.4 Å². The van der Waals surface area contributed by atoms with Crippen molar-refractivity contribution in [1.82, 2.24) is 5.43 Å². The highest BCUT2D eigenvalue weighted by atomic mass is 79.9. The number of phenolic OH excluding ortho intramolecular Hbond substituents is 1. The van der Waals surface area contributed by atoms with Crippen LogP contribution in [0.4, 0.5) is 5.69 Å². The second kappa shape index (κ2) is 8.11. The van der Waals surface area contributed by atoms with Gasteiger partial charge in [-0.1, -0.05) is 12.1 Å². The van der Waals surface area contributed by atoms with Crippen molar-refractivity contribution in [1.29, 1.82) is 0 Å². The summed E-state index contributed by atoms with van der Waals surface area (Å²) in [6.07, 6.45) is 1.35. The van der Waals surface area contributed by atoms with Gasteiger partial charge in [0.2, 0.25) is 0 Å². The van der Waals surface area contributed by atoms with Crippen molar-refractivity contribution in [3.8, 4) is 11.5 Å². The molecule has 0 aliphatic heterocycles. The van der Waals surface area contributed by atoms with Crippen LogP contribution in [0.15, 0.2) is 52.0 Å². The van der Waals surface area contributed by atoms with Crippen LogP contribution in [0.25, 0.3) is 0 Å². The molecule has 7 nitrogen and oxygen atoms in total. The molecule has 0 bridgehead atoms. The second-order valence-electron chi connectivity index (χ2n) is 4.56. The zero-order chi connectivity index (χ0) is 17.5. The predicted octanol–water partition coefficient (Wildman–Crippen LogP) is 2.25. The number of hydrogen-bond acceptors (Lipinski definition) is 5. The van der Waals surface area contributed by atoms with Crippen molar-refractivity contribution in [2.45, 2.75) is 0 Å². The fourth-order valence-electron chi connectivity index (χ4n) is 1.75. The first-order valence-electron chi connectivity index (χ1n) is 6.77. The number of hydrogen-bond donors (Lipinski definition) is 3. The van der Waals surface area contributed by atoms with Gasteiger partial charge >= 0.3 is 11.8 Å². The third-order valence-corrected chi connectivity index (χ3v) is 3.55. The molecular weight excluding hydrogens is 378 g/mol. The van der Waals surface area contributed by atoms with Gasteiger partial charge in [-0.15, -0.1) is 0 Å². The van der Waals surface area contributed by atoms with E-state index in [4.69, 9.17) is 4.74 Å². The Labute approximate surface area is 146 Å². The van der Waals surface area contributed by atoms with Gasteiger partial charge in [-0.25, -0.2) is 5.43 Å². The second-order valence-corrected chi connectivity index (χ2v) is 5.42. The SMILES string of the molecule is COc1ccccc1NC(=O)C(=O)N/N=C/c1ccc(O)c(Br)c1. The summed E-state index contributed by atoms with van der Waals surface area (Å²) in [4.78, 5) is 23.6. The molecule has 0 atom stereocenters. The van der Waals surface area contributed by atoms with Crippen molar-refractivity contribution in [3.05, 3.63) is 52.5 Å². The van der Waals surface area contributed by atoms with E-state index in [0.29, 0.717) is 21.5 Å². The van der Waals surface area contributed by atoms with Crippen molar-refractivity contribution in [3.63, 3.8) is 0 Å². The van der Waals surface area contributed by atoms with Gasteiger partial charge in [-0.3, -0.25) is 9.59 Å². The number of ether oxygens (including phenoxy) is 1. The molecule has 0 spiro atoms.